The Morgan fingerprint density at radius 3 is 2.76 bits per heavy atom. The molecule has 1 aromatic heterocycles. The van der Waals surface area contributed by atoms with E-state index < -0.39 is 5.82 Å². The monoisotopic (exact) mass is 239 g/mol. The van der Waals surface area contributed by atoms with E-state index in [2.05, 4.69) is 5.32 Å². The molecule has 1 aromatic carbocycles. The van der Waals surface area contributed by atoms with Gasteiger partial charge in [-0.2, -0.15) is 0 Å². The summed E-state index contributed by atoms with van der Waals surface area (Å²) in [7, 11) is 0. The summed E-state index contributed by atoms with van der Waals surface area (Å²) in [6, 6.07) is 2.92. The molecule has 0 amide bonds. The van der Waals surface area contributed by atoms with Crippen LogP contribution in [-0.2, 0) is 6.42 Å². The maximum Gasteiger partial charge on any atom is 0.169 e. The van der Waals surface area contributed by atoms with Crippen LogP contribution in [0.3, 0.4) is 0 Å². The molecular formula is C13H15F2NO. The van der Waals surface area contributed by atoms with E-state index in [-0.39, 0.29) is 17.4 Å². The van der Waals surface area contributed by atoms with Crippen molar-refractivity contribution in [1.82, 2.24) is 5.32 Å². The Bertz CT molecular complexity index is 521. The molecule has 1 N–H and O–H groups in total. The Labute approximate surface area is 98.6 Å². The molecule has 2 rings (SSSR count). The smallest absolute Gasteiger partial charge is 0.169 e. The van der Waals surface area contributed by atoms with Crippen molar-refractivity contribution in [1.29, 1.82) is 0 Å². The van der Waals surface area contributed by atoms with E-state index in [0.29, 0.717) is 17.4 Å². The fraction of sp³-hybridized carbons (Fsp3) is 0.385. The second-order valence-electron chi connectivity index (χ2n) is 4.19. The number of hydrogen-bond acceptors (Lipinski definition) is 2. The molecule has 0 unspecified atom stereocenters. The Morgan fingerprint density at radius 2 is 2.06 bits per heavy atom. The first kappa shape index (κ1) is 12.0. The first-order valence-corrected chi connectivity index (χ1v) is 5.70. The van der Waals surface area contributed by atoms with E-state index in [0.717, 1.165) is 12.8 Å². The van der Waals surface area contributed by atoms with Crippen LogP contribution in [0.1, 0.15) is 19.4 Å². The number of fused-ring (bicyclic) bond motifs is 1. The zero-order valence-electron chi connectivity index (χ0n) is 9.89. The van der Waals surface area contributed by atoms with Gasteiger partial charge < -0.3 is 9.73 Å². The minimum absolute atomic E-state index is 0.155. The van der Waals surface area contributed by atoms with Crippen LogP contribution < -0.4 is 5.32 Å². The van der Waals surface area contributed by atoms with Crippen LogP contribution in [0.5, 0.6) is 0 Å². The highest BCUT2D eigenvalue weighted by Crippen LogP contribution is 2.24. The highest BCUT2D eigenvalue weighted by molar-refractivity contribution is 5.78. The van der Waals surface area contributed by atoms with Crippen LogP contribution in [0, 0.1) is 11.6 Å². The molecule has 0 radical (unpaired) electrons. The van der Waals surface area contributed by atoms with Gasteiger partial charge in [-0.3, -0.25) is 0 Å². The molecule has 0 saturated heterocycles. The predicted molar refractivity (Wildman–Crippen MR) is 63.0 cm³/mol. The van der Waals surface area contributed by atoms with Gasteiger partial charge in [-0.25, -0.2) is 8.78 Å². The lowest BCUT2D eigenvalue weighted by Gasteiger charge is -2.12. The number of rotatable bonds is 4. The summed E-state index contributed by atoms with van der Waals surface area (Å²) in [6.07, 6.45) is 1.53. The summed E-state index contributed by atoms with van der Waals surface area (Å²) >= 11 is 0. The molecule has 0 spiro atoms. The number of hydrogen-bond donors (Lipinski definition) is 1. The van der Waals surface area contributed by atoms with E-state index in [1.54, 1.807) is 0 Å². The maximum atomic E-state index is 13.7. The standard InChI is InChI=1S/C13H15F2NO/c1-3-16-8(2)4-9-5-10-12(15)7-17-13(10)6-11(9)14/h5-8,16H,3-4H2,1-2H3/t8-/m0/s1. The van der Waals surface area contributed by atoms with Crippen molar-refractivity contribution in [2.45, 2.75) is 26.3 Å². The quantitative estimate of drug-likeness (QED) is 0.886. The Hall–Kier alpha value is -1.42. The zero-order chi connectivity index (χ0) is 12.4. The van der Waals surface area contributed by atoms with Gasteiger partial charge in [0.2, 0.25) is 0 Å². The number of halogens is 2. The van der Waals surface area contributed by atoms with Crippen molar-refractivity contribution in [3.8, 4) is 0 Å². The lowest BCUT2D eigenvalue weighted by molar-refractivity contribution is 0.537. The molecule has 4 heteroatoms. The average molecular weight is 239 g/mol. The van der Waals surface area contributed by atoms with Crippen molar-refractivity contribution in [2.75, 3.05) is 6.54 Å². The Morgan fingerprint density at radius 1 is 1.29 bits per heavy atom. The molecule has 0 aliphatic carbocycles. The van der Waals surface area contributed by atoms with Gasteiger partial charge in [0, 0.05) is 12.1 Å². The number of furan rings is 1. The Balaban J connectivity index is 2.33. The lowest BCUT2D eigenvalue weighted by atomic mass is 10.0. The zero-order valence-corrected chi connectivity index (χ0v) is 9.89. The summed E-state index contributed by atoms with van der Waals surface area (Å²) in [5, 5.41) is 3.53. The molecule has 2 nitrogen and oxygen atoms in total. The largest absolute Gasteiger partial charge is 0.461 e. The third-order valence-electron chi connectivity index (χ3n) is 2.77. The summed E-state index contributed by atoms with van der Waals surface area (Å²) < 4.78 is 31.9. The summed E-state index contributed by atoms with van der Waals surface area (Å²) in [5.41, 5.74) is 0.756. The molecule has 1 atom stereocenters. The van der Waals surface area contributed by atoms with Crippen molar-refractivity contribution >= 4 is 11.0 Å². The Kier molecular flexibility index (Phi) is 3.43. The van der Waals surface area contributed by atoms with Crippen LogP contribution in [0.2, 0.25) is 0 Å². The fourth-order valence-corrected chi connectivity index (χ4v) is 1.97. The number of nitrogens with one attached hydrogen (secondary N) is 1. The molecule has 0 fully saturated rings. The van der Waals surface area contributed by atoms with Gasteiger partial charge in [-0.1, -0.05) is 6.92 Å². The van der Waals surface area contributed by atoms with E-state index >= 15 is 0 Å². The van der Waals surface area contributed by atoms with Crippen LogP contribution in [-0.4, -0.2) is 12.6 Å². The molecular weight excluding hydrogens is 224 g/mol. The SMILES string of the molecule is CCN[C@@H](C)Cc1cc2c(F)coc2cc1F. The second-order valence-corrected chi connectivity index (χ2v) is 4.19. The van der Waals surface area contributed by atoms with E-state index in [1.165, 1.54) is 12.1 Å². The molecule has 0 aliphatic rings. The van der Waals surface area contributed by atoms with Crippen molar-refractivity contribution in [2.24, 2.45) is 0 Å². The number of benzene rings is 1. The molecule has 0 bridgehead atoms. The van der Waals surface area contributed by atoms with Crippen LogP contribution in [0.15, 0.2) is 22.8 Å². The van der Waals surface area contributed by atoms with E-state index in [1.807, 2.05) is 13.8 Å². The highest BCUT2D eigenvalue weighted by atomic mass is 19.1. The van der Waals surface area contributed by atoms with Gasteiger partial charge in [0.05, 0.1) is 5.39 Å². The third-order valence-corrected chi connectivity index (χ3v) is 2.77. The average Bonchev–Trinajstić information content (AvgIpc) is 2.61. The minimum atomic E-state index is -0.447. The number of likely N-dealkylation sites (N-methyl/N-ethyl adjacent to an activating group) is 1. The second kappa shape index (κ2) is 4.84. The maximum absolute atomic E-state index is 13.7. The molecule has 92 valence electrons. The van der Waals surface area contributed by atoms with Gasteiger partial charge in [-0.05, 0) is 31.5 Å². The topological polar surface area (TPSA) is 25.2 Å². The van der Waals surface area contributed by atoms with Gasteiger partial charge in [-0.15, -0.1) is 0 Å². The van der Waals surface area contributed by atoms with Gasteiger partial charge in [0.15, 0.2) is 5.82 Å². The summed E-state index contributed by atoms with van der Waals surface area (Å²) in [4.78, 5) is 0. The lowest BCUT2D eigenvalue weighted by Crippen LogP contribution is -2.27. The van der Waals surface area contributed by atoms with Gasteiger partial charge in [0.1, 0.15) is 17.7 Å². The van der Waals surface area contributed by atoms with E-state index in [9.17, 15) is 8.78 Å². The van der Waals surface area contributed by atoms with Crippen molar-refractivity contribution in [3.63, 3.8) is 0 Å². The molecule has 1 heterocycles. The van der Waals surface area contributed by atoms with Gasteiger partial charge >= 0.3 is 0 Å². The molecule has 17 heavy (non-hydrogen) atoms. The minimum Gasteiger partial charge on any atom is -0.461 e. The molecule has 2 aromatic rings. The third kappa shape index (κ3) is 2.47. The summed E-state index contributed by atoms with van der Waals surface area (Å²) in [5.74, 6) is -0.797. The van der Waals surface area contributed by atoms with Crippen molar-refractivity contribution in [3.05, 3.63) is 35.6 Å². The molecule has 0 saturated carbocycles. The van der Waals surface area contributed by atoms with Crippen LogP contribution in [0.4, 0.5) is 8.78 Å². The van der Waals surface area contributed by atoms with Crippen molar-refractivity contribution < 1.29 is 13.2 Å². The first-order chi connectivity index (χ1) is 8.11. The normalized spacial score (nSPS) is 13.2. The van der Waals surface area contributed by atoms with Crippen LogP contribution in [0.25, 0.3) is 11.0 Å². The van der Waals surface area contributed by atoms with E-state index in [4.69, 9.17) is 4.42 Å². The fourth-order valence-electron chi connectivity index (χ4n) is 1.97. The van der Waals surface area contributed by atoms with Crippen LogP contribution >= 0.6 is 0 Å². The molecule has 0 aliphatic heterocycles. The summed E-state index contributed by atoms with van der Waals surface area (Å²) in [6.45, 7) is 4.79. The predicted octanol–water partition coefficient (Wildman–Crippen LogP) is 3.25. The highest BCUT2D eigenvalue weighted by Gasteiger charge is 2.13. The first-order valence-electron chi connectivity index (χ1n) is 5.70. The van der Waals surface area contributed by atoms with Gasteiger partial charge in [0.25, 0.3) is 0 Å².